The molecule has 0 saturated heterocycles. The van der Waals surface area contributed by atoms with E-state index in [2.05, 4.69) is 15.0 Å². The van der Waals surface area contributed by atoms with Gasteiger partial charge in [0.15, 0.2) is 9.84 Å². The topological polar surface area (TPSA) is 76.1 Å². The number of hydrogen-bond acceptors (Lipinski definition) is 6. The molecule has 7 heteroatoms. The minimum absolute atomic E-state index is 0.267. The summed E-state index contributed by atoms with van der Waals surface area (Å²) >= 11 is 0. The third-order valence-corrected chi connectivity index (χ3v) is 4.88. The van der Waals surface area contributed by atoms with Gasteiger partial charge in [0.1, 0.15) is 16.5 Å². The number of aromatic nitrogens is 3. The van der Waals surface area contributed by atoms with E-state index in [4.69, 9.17) is 0 Å². The van der Waals surface area contributed by atoms with Crippen LogP contribution in [-0.4, -0.2) is 36.2 Å². The fraction of sp³-hybridized carbons (Fsp3) is 0.400. The molecule has 0 spiro atoms. The zero-order valence-electron chi connectivity index (χ0n) is 12.7. The summed E-state index contributed by atoms with van der Waals surface area (Å²) in [5.41, 5.74) is 2.09. The van der Waals surface area contributed by atoms with Gasteiger partial charge in [0, 0.05) is 31.6 Å². The monoisotopic (exact) mass is 318 g/mol. The molecular weight excluding hydrogens is 300 g/mol. The summed E-state index contributed by atoms with van der Waals surface area (Å²) in [6.07, 6.45) is 6.29. The van der Waals surface area contributed by atoms with Gasteiger partial charge >= 0.3 is 0 Å². The molecule has 6 nitrogen and oxygen atoms in total. The summed E-state index contributed by atoms with van der Waals surface area (Å²) in [6.45, 7) is 3.29. The molecule has 3 rings (SSSR count). The maximum atomic E-state index is 12.0. The minimum Gasteiger partial charge on any atom is -0.349 e. The van der Waals surface area contributed by atoms with E-state index in [-0.39, 0.29) is 4.90 Å². The second kappa shape index (κ2) is 5.64. The van der Waals surface area contributed by atoms with Crippen molar-refractivity contribution in [1.29, 1.82) is 0 Å². The SMILES string of the molecule is CCc1ncc2c(n1)CN(c1ncccc1S(C)(=O)=O)CC2. The second-order valence-corrected chi connectivity index (χ2v) is 7.36. The standard InChI is InChI=1S/C15H18N4O2S/c1-3-14-17-9-11-6-8-19(10-12(11)18-14)15-13(22(2,20)21)5-4-7-16-15/h4-5,7,9H,3,6,8,10H2,1-2H3. The van der Waals surface area contributed by atoms with Gasteiger partial charge in [0.2, 0.25) is 0 Å². The van der Waals surface area contributed by atoms with Crippen LogP contribution in [0.3, 0.4) is 0 Å². The lowest BCUT2D eigenvalue weighted by atomic mass is 10.1. The van der Waals surface area contributed by atoms with Gasteiger partial charge in [-0.1, -0.05) is 6.92 Å². The fourth-order valence-electron chi connectivity index (χ4n) is 2.60. The lowest BCUT2D eigenvalue weighted by Crippen LogP contribution is -2.33. The van der Waals surface area contributed by atoms with Crippen LogP contribution >= 0.6 is 0 Å². The van der Waals surface area contributed by atoms with E-state index < -0.39 is 9.84 Å². The van der Waals surface area contributed by atoms with E-state index in [1.807, 2.05) is 18.0 Å². The van der Waals surface area contributed by atoms with Crippen molar-refractivity contribution in [1.82, 2.24) is 15.0 Å². The van der Waals surface area contributed by atoms with E-state index >= 15 is 0 Å². The minimum atomic E-state index is -3.31. The Morgan fingerprint density at radius 2 is 2.14 bits per heavy atom. The Balaban J connectivity index is 1.99. The lowest BCUT2D eigenvalue weighted by Gasteiger charge is -2.30. The highest BCUT2D eigenvalue weighted by molar-refractivity contribution is 7.90. The number of fused-ring (bicyclic) bond motifs is 1. The zero-order valence-corrected chi connectivity index (χ0v) is 13.5. The summed E-state index contributed by atoms with van der Waals surface area (Å²) in [7, 11) is -3.31. The van der Waals surface area contributed by atoms with Gasteiger partial charge in [-0.05, 0) is 24.1 Å². The Morgan fingerprint density at radius 1 is 1.32 bits per heavy atom. The van der Waals surface area contributed by atoms with Crippen LogP contribution in [0.1, 0.15) is 24.0 Å². The van der Waals surface area contributed by atoms with Gasteiger partial charge < -0.3 is 4.90 Å². The fourth-order valence-corrected chi connectivity index (χ4v) is 3.44. The molecule has 0 amide bonds. The first-order valence-electron chi connectivity index (χ1n) is 7.22. The largest absolute Gasteiger partial charge is 0.349 e. The summed E-state index contributed by atoms with van der Waals surface area (Å²) in [6, 6.07) is 3.25. The molecule has 22 heavy (non-hydrogen) atoms. The molecule has 0 radical (unpaired) electrons. The highest BCUT2D eigenvalue weighted by Gasteiger charge is 2.24. The van der Waals surface area contributed by atoms with Crippen LogP contribution in [0.5, 0.6) is 0 Å². The average Bonchev–Trinajstić information content (AvgIpc) is 2.53. The number of nitrogens with zero attached hydrogens (tertiary/aromatic N) is 4. The van der Waals surface area contributed by atoms with E-state index in [1.165, 1.54) is 6.26 Å². The van der Waals surface area contributed by atoms with E-state index in [9.17, 15) is 8.42 Å². The van der Waals surface area contributed by atoms with Crippen LogP contribution in [0, 0.1) is 0 Å². The number of sulfone groups is 1. The van der Waals surface area contributed by atoms with Gasteiger partial charge in [-0.15, -0.1) is 0 Å². The predicted octanol–water partition coefficient (Wildman–Crippen LogP) is 1.40. The number of rotatable bonds is 3. The Kier molecular flexibility index (Phi) is 3.82. The molecule has 0 fully saturated rings. The number of pyridine rings is 1. The molecule has 3 heterocycles. The van der Waals surface area contributed by atoms with Gasteiger partial charge in [-0.2, -0.15) is 0 Å². The third kappa shape index (κ3) is 2.81. The first-order chi connectivity index (χ1) is 10.5. The maximum absolute atomic E-state index is 12.0. The molecule has 116 valence electrons. The smallest absolute Gasteiger partial charge is 0.179 e. The summed E-state index contributed by atoms with van der Waals surface area (Å²) in [5.74, 6) is 1.32. The molecule has 2 aromatic rings. The normalized spacial score (nSPS) is 14.7. The molecule has 0 atom stereocenters. The van der Waals surface area contributed by atoms with Crippen molar-refractivity contribution in [3.8, 4) is 0 Å². The average molecular weight is 318 g/mol. The van der Waals surface area contributed by atoms with E-state index in [0.29, 0.717) is 18.9 Å². The van der Waals surface area contributed by atoms with Crippen molar-refractivity contribution in [2.75, 3.05) is 17.7 Å². The zero-order chi connectivity index (χ0) is 15.7. The van der Waals surface area contributed by atoms with Crippen LogP contribution in [-0.2, 0) is 29.2 Å². The van der Waals surface area contributed by atoms with Crippen molar-refractivity contribution in [2.45, 2.75) is 31.2 Å². The van der Waals surface area contributed by atoms with E-state index in [1.54, 1.807) is 18.3 Å². The van der Waals surface area contributed by atoms with Gasteiger partial charge in [0.25, 0.3) is 0 Å². The highest BCUT2D eigenvalue weighted by Crippen LogP contribution is 2.27. The molecule has 0 aliphatic carbocycles. The van der Waals surface area contributed by atoms with Gasteiger partial charge in [-0.3, -0.25) is 0 Å². The lowest BCUT2D eigenvalue weighted by molar-refractivity contribution is 0.599. The van der Waals surface area contributed by atoms with Crippen molar-refractivity contribution in [2.24, 2.45) is 0 Å². The van der Waals surface area contributed by atoms with Crippen molar-refractivity contribution in [3.05, 3.63) is 41.6 Å². The molecule has 1 aliphatic heterocycles. The number of anilines is 1. The van der Waals surface area contributed by atoms with Crippen LogP contribution in [0.4, 0.5) is 5.82 Å². The molecule has 1 aliphatic rings. The molecule has 0 aromatic carbocycles. The van der Waals surface area contributed by atoms with Crippen LogP contribution < -0.4 is 4.90 Å². The molecular formula is C15H18N4O2S. The Morgan fingerprint density at radius 3 is 2.86 bits per heavy atom. The quantitative estimate of drug-likeness (QED) is 0.851. The molecule has 0 bridgehead atoms. The Labute approximate surface area is 130 Å². The second-order valence-electron chi connectivity index (χ2n) is 5.38. The van der Waals surface area contributed by atoms with Crippen LogP contribution in [0.2, 0.25) is 0 Å². The first kappa shape index (κ1) is 14.9. The maximum Gasteiger partial charge on any atom is 0.179 e. The number of aryl methyl sites for hydroxylation is 1. The van der Waals surface area contributed by atoms with Crippen molar-refractivity contribution >= 4 is 15.7 Å². The Hall–Kier alpha value is -2.02. The van der Waals surface area contributed by atoms with Crippen LogP contribution in [0.25, 0.3) is 0 Å². The summed E-state index contributed by atoms with van der Waals surface area (Å²) in [5, 5.41) is 0. The van der Waals surface area contributed by atoms with Gasteiger partial charge in [-0.25, -0.2) is 23.4 Å². The molecule has 2 aromatic heterocycles. The van der Waals surface area contributed by atoms with Gasteiger partial charge in [0.05, 0.1) is 12.2 Å². The third-order valence-electron chi connectivity index (χ3n) is 3.76. The molecule has 0 unspecified atom stereocenters. The number of hydrogen-bond donors (Lipinski definition) is 0. The Bertz CT molecular complexity index is 805. The van der Waals surface area contributed by atoms with Crippen molar-refractivity contribution < 1.29 is 8.42 Å². The van der Waals surface area contributed by atoms with Crippen molar-refractivity contribution in [3.63, 3.8) is 0 Å². The predicted molar refractivity (Wildman–Crippen MR) is 83.5 cm³/mol. The summed E-state index contributed by atoms with van der Waals surface area (Å²) in [4.78, 5) is 15.4. The van der Waals surface area contributed by atoms with Crippen LogP contribution in [0.15, 0.2) is 29.4 Å². The summed E-state index contributed by atoms with van der Waals surface area (Å²) < 4.78 is 23.9. The molecule has 0 N–H and O–H groups in total. The highest BCUT2D eigenvalue weighted by atomic mass is 32.2. The first-order valence-corrected chi connectivity index (χ1v) is 9.12. The molecule has 0 saturated carbocycles. The van der Waals surface area contributed by atoms with E-state index in [0.717, 1.165) is 29.9 Å².